The summed E-state index contributed by atoms with van der Waals surface area (Å²) in [5.74, 6) is -1.69. The first kappa shape index (κ1) is 53.9. The fraction of sp³-hybridized carbons (Fsp3) is 0.0811. The van der Waals surface area contributed by atoms with Gasteiger partial charge in [0, 0.05) is 11.4 Å². The third-order valence-corrected chi connectivity index (χ3v) is 15.2. The number of hydrogen-bond acceptors (Lipinski definition) is 27. The molecule has 6 aromatic rings. The van der Waals surface area contributed by atoms with Crippen molar-refractivity contribution in [3.05, 3.63) is 96.6 Å². The average Bonchev–Trinajstić information content (AvgIpc) is 3.30. The molecule has 0 amide bonds. The highest BCUT2D eigenvalue weighted by Gasteiger charge is 2.27. The Morgan fingerprint density at radius 3 is 1.86 bits per heavy atom. The predicted molar refractivity (Wildman–Crippen MR) is 253 cm³/mol. The standard InChI is InChI=1S/C37H34N10O18S6/c1-19-14-29(27(39)18-26(19)38)44-41-21-2-4-23(5-3-21)47-69(53,54)24-8-6-22(7-9-24)42-46-36-32(71(58,59)60)16-20-15-30(66-64-62-49)35(37(48)33(20)34(36)40)45-43-28-11-10-25(17-31(28)70(55,56)57)68(51,52)13-12-61-67-65-63-50/h2-11,14-18,47-50H,12-13,38-40H2,1H3,(H,55,56,57)(H,58,59,60). The number of nitrogen functional groups attached to an aromatic ring is 3. The van der Waals surface area contributed by atoms with E-state index < -0.39 is 101 Å². The molecular weight excluding hydrogens is 1060 g/mol. The number of sulfonamides is 1. The predicted octanol–water partition coefficient (Wildman–Crippen LogP) is 8.34. The number of fused-ring (bicyclic) bond motifs is 1. The number of aromatic hydroxyl groups is 1. The maximum absolute atomic E-state index is 13.3. The minimum atomic E-state index is -5.25. The third kappa shape index (κ3) is 13.3. The highest BCUT2D eigenvalue weighted by molar-refractivity contribution is 7.94. The van der Waals surface area contributed by atoms with Crippen molar-refractivity contribution in [3.8, 4) is 5.75 Å². The lowest BCUT2D eigenvalue weighted by Crippen LogP contribution is -2.12. The molecule has 0 bridgehead atoms. The molecular formula is C37H34N10O18S6. The van der Waals surface area contributed by atoms with Gasteiger partial charge in [0.15, 0.2) is 27.9 Å². The molecule has 0 aromatic heterocycles. The molecule has 71 heavy (non-hydrogen) atoms. The summed E-state index contributed by atoms with van der Waals surface area (Å²) in [7, 11) is -18.9. The summed E-state index contributed by atoms with van der Waals surface area (Å²) >= 11 is 0.227. The second kappa shape index (κ2) is 22.3. The summed E-state index contributed by atoms with van der Waals surface area (Å²) in [6.45, 7) is 1.24. The van der Waals surface area contributed by atoms with E-state index in [4.69, 9.17) is 31.9 Å². The summed E-state index contributed by atoms with van der Waals surface area (Å²) in [5.41, 5.74) is 17.9. The maximum atomic E-state index is 13.3. The molecule has 0 saturated carbocycles. The van der Waals surface area contributed by atoms with Crippen LogP contribution in [0.4, 0.5) is 56.9 Å². The fourth-order valence-electron chi connectivity index (χ4n) is 5.97. The molecule has 0 aliphatic carbocycles. The molecule has 0 aliphatic heterocycles. The number of azo groups is 3. The zero-order chi connectivity index (χ0) is 51.9. The Balaban J connectivity index is 1.30. The van der Waals surface area contributed by atoms with Crippen molar-refractivity contribution in [3.63, 3.8) is 0 Å². The quantitative estimate of drug-likeness (QED) is 0.00621. The number of nitrogens with one attached hydrogen (secondary N) is 1. The van der Waals surface area contributed by atoms with Crippen molar-refractivity contribution in [2.24, 2.45) is 30.7 Å². The second-order valence-corrected chi connectivity index (χ2v) is 21.8. The number of phenolic OH excluding ortho intramolecular Hbond substituents is 1. The third-order valence-electron chi connectivity index (χ3n) is 9.33. The number of nitrogens with two attached hydrogens (primary N) is 3. The molecule has 0 aliphatic rings. The Morgan fingerprint density at radius 2 is 1.23 bits per heavy atom. The molecule has 12 N–H and O–H groups in total. The van der Waals surface area contributed by atoms with Crippen LogP contribution in [0, 0.1) is 6.92 Å². The molecule has 376 valence electrons. The number of aryl methyl sites for hydroxylation is 1. The van der Waals surface area contributed by atoms with Gasteiger partial charge in [0.2, 0.25) is 0 Å². The number of sulfone groups is 1. The molecule has 0 spiro atoms. The average molecular weight is 1100 g/mol. The van der Waals surface area contributed by atoms with Gasteiger partial charge in [-0.15, -0.1) is 29.1 Å². The summed E-state index contributed by atoms with van der Waals surface area (Å²) < 4.78 is 138. The van der Waals surface area contributed by atoms with Gasteiger partial charge >= 0.3 is 0 Å². The topological polar surface area (TPSA) is 448 Å². The van der Waals surface area contributed by atoms with Crippen LogP contribution in [0.2, 0.25) is 0 Å². The normalized spacial score (nSPS) is 12.7. The van der Waals surface area contributed by atoms with Crippen LogP contribution in [0.3, 0.4) is 0 Å². The van der Waals surface area contributed by atoms with Crippen LogP contribution in [0.25, 0.3) is 10.8 Å². The van der Waals surface area contributed by atoms with Gasteiger partial charge in [-0.25, -0.2) is 27.4 Å². The summed E-state index contributed by atoms with van der Waals surface area (Å²) in [6.07, 6.45) is 0. The van der Waals surface area contributed by atoms with Crippen molar-refractivity contribution in [1.29, 1.82) is 0 Å². The van der Waals surface area contributed by atoms with Crippen LogP contribution in [0.15, 0.2) is 146 Å². The molecule has 34 heteroatoms. The fourth-order valence-corrected chi connectivity index (χ4v) is 10.3. The van der Waals surface area contributed by atoms with Gasteiger partial charge in [-0.3, -0.25) is 18.0 Å². The smallest absolute Gasteiger partial charge is 0.296 e. The Bertz CT molecular complexity index is 3550. The van der Waals surface area contributed by atoms with E-state index in [2.05, 4.69) is 54.2 Å². The van der Waals surface area contributed by atoms with Gasteiger partial charge < -0.3 is 22.3 Å². The van der Waals surface area contributed by atoms with Crippen molar-refractivity contribution < 1.29 is 81.3 Å². The molecule has 0 unspecified atom stereocenters. The summed E-state index contributed by atoms with van der Waals surface area (Å²) in [5, 5.41) is 58.5. The van der Waals surface area contributed by atoms with Crippen molar-refractivity contribution in [1.82, 2.24) is 0 Å². The van der Waals surface area contributed by atoms with E-state index in [-0.39, 0.29) is 50.9 Å². The molecule has 0 heterocycles. The largest absolute Gasteiger partial charge is 0.505 e. The monoisotopic (exact) mass is 1100 g/mol. The SMILES string of the molecule is Cc1cc(N=Nc2ccc(NS(=O)(=O)c3ccc(N=Nc4c(S(=O)(=O)O)cc5cc(SOOO)c(N=Nc6ccc(S(=O)(=O)CCOSOOO)cc6S(=O)(=O)O)c(O)c5c4N)cc3)cc2)c(N)cc1N. The van der Waals surface area contributed by atoms with E-state index in [0.717, 1.165) is 42.0 Å². The van der Waals surface area contributed by atoms with Crippen LogP contribution in [0.5, 0.6) is 5.75 Å². The zero-order valence-electron chi connectivity index (χ0n) is 35.5. The number of anilines is 4. The van der Waals surface area contributed by atoms with Crippen molar-refractivity contribution >= 4 is 132 Å². The number of nitrogens with zero attached hydrogens (tertiary/aromatic N) is 6. The van der Waals surface area contributed by atoms with Gasteiger partial charge in [-0.05, 0) is 109 Å². The van der Waals surface area contributed by atoms with Gasteiger partial charge in [-0.2, -0.15) is 27.1 Å². The highest BCUT2D eigenvalue weighted by Crippen LogP contribution is 2.50. The molecule has 6 rings (SSSR count). The molecule has 0 atom stereocenters. The number of benzene rings is 6. The van der Waals surface area contributed by atoms with E-state index in [1.807, 2.05) is 0 Å². The van der Waals surface area contributed by atoms with Crippen LogP contribution < -0.4 is 21.9 Å². The van der Waals surface area contributed by atoms with Crippen LogP contribution >= 0.6 is 24.4 Å². The van der Waals surface area contributed by atoms with E-state index in [0.29, 0.717) is 28.8 Å². The molecule has 0 fully saturated rings. The van der Waals surface area contributed by atoms with Gasteiger partial charge in [0.1, 0.15) is 32.5 Å². The molecule has 0 saturated heterocycles. The lowest BCUT2D eigenvalue weighted by molar-refractivity contribution is -0.434. The molecule has 28 nitrogen and oxygen atoms in total. The Morgan fingerprint density at radius 1 is 0.634 bits per heavy atom. The first-order valence-corrected chi connectivity index (χ1v) is 26.3. The number of rotatable bonds is 21. The van der Waals surface area contributed by atoms with Gasteiger partial charge in [0.25, 0.3) is 30.3 Å². The Labute approximate surface area is 410 Å². The van der Waals surface area contributed by atoms with Crippen LogP contribution in [-0.4, -0.2) is 70.8 Å². The first-order valence-electron chi connectivity index (χ1n) is 18.9. The molecule has 0 radical (unpaired) electrons. The van der Waals surface area contributed by atoms with Crippen LogP contribution in [0.1, 0.15) is 5.56 Å². The minimum absolute atomic E-state index is 0.0634. The second-order valence-electron chi connectivity index (χ2n) is 14.0. The lowest BCUT2D eigenvalue weighted by Gasteiger charge is -2.14. The Hall–Kier alpha value is -6.48. The van der Waals surface area contributed by atoms with Crippen molar-refractivity contribution in [2.75, 3.05) is 34.3 Å². The summed E-state index contributed by atoms with van der Waals surface area (Å²) in [4.78, 5) is -3.23. The lowest BCUT2D eigenvalue weighted by atomic mass is 10.1. The zero-order valence-corrected chi connectivity index (χ0v) is 40.4. The number of phenols is 1. The maximum Gasteiger partial charge on any atom is 0.296 e. The Kier molecular flexibility index (Phi) is 16.9. The minimum Gasteiger partial charge on any atom is -0.505 e. The van der Waals surface area contributed by atoms with Crippen molar-refractivity contribution in [2.45, 2.75) is 31.4 Å². The highest BCUT2D eigenvalue weighted by atomic mass is 32.2. The van der Waals surface area contributed by atoms with E-state index in [1.54, 1.807) is 19.1 Å². The number of hydrogen-bond donors (Lipinski definition) is 9. The van der Waals surface area contributed by atoms with Gasteiger partial charge in [0.05, 0.1) is 67.2 Å². The van der Waals surface area contributed by atoms with E-state index >= 15 is 0 Å². The van der Waals surface area contributed by atoms with Crippen LogP contribution in [-0.2, 0) is 63.0 Å². The molecule has 6 aromatic carbocycles. The first-order chi connectivity index (χ1) is 33.4. The van der Waals surface area contributed by atoms with E-state index in [9.17, 15) is 47.9 Å². The van der Waals surface area contributed by atoms with E-state index in [1.165, 1.54) is 36.4 Å². The van der Waals surface area contributed by atoms with Gasteiger partial charge in [-0.1, -0.05) is 10.1 Å². The summed E-state index contributed by atoms with van der Waals surface area (Å²) in [6, 6.07) is 17.9.